The second kappa shape index (κ2) is 8.63. The van der Waals surface area contributed by atoms with Crippen LogP contribution in [0.1, 0.15) is 27.6 Å². The van der Waals surface area contributed by atoms with Crippen LogP contribution in [-0.2, 0) is 30.7 Å². The summed E-state index contributed by atoms with van der Waals surface area (Å²) in [5, 5.41) is 4.71. The van der Waals surface area contributed by atoms with Gasteiger partial charge >= 0.3 is 0 Å². The first-order valence-corrected chi connectivity index (χ1v) is 11.8. The average molecular weight is 435 g/mol. The Morgan fingerprint density at radius 2 is 1.87 bits per heavy atom. The molecule has 0 saturated carbocycles. The van der Waals surface area contributed by atoms with E-state index in [1.807, 2.05) is 24.3 Å². The number of para-hydroxylation sites is 1. The lowest BCUT2D eigenvalue weighted by molar-refractivity contribution is -0.116. The fraction of sp³-hybridized carbons (Fsp3) is 0.261. The van der Waals surface area contributed by atoms with Gasteiger partial charge in [0, 0.05) is 43.8 Å². The zero-order valence-corrected chi connectivity index (χ0v) is 18.1. The molecule has 0 spiro atoms. The molecular weight excluding hydrogens is 412 g/mol. The predicted molar refractivity (Wildman–Crippen MR) is 123 cm³/mol. The highest BCUT2D eigenvalue weighted by atomic mass is 32.1. The molecule has 152 valence electrons. The third-order valence-corrected chi connectivity index (χ3v) is 7.30. The van der Waals surface area contributed by atoms with Crippen LogP contribution >= 0.6 is 22.7 Å². The average Bonchev–Trinajstić information content (AvgIpc) is 3.35. The van der Waals surface area contributed by atoms with E-state index in [-0.39, 0.29) is 5.91 Å². The van der Waals surface area contributed by atoms with E-state index >= 15 is 0 Å². The molecule has 1 N–H and O–H groups in total. The van der Waals surface area contributed by atoms with E-state index in [1.54, 1.807) is 22.7 Å². The molecule has 0 saturated heterocycles. The lowest BCUT2D eigenvalue weighted by Crippen LogP contribution is -2.29. The Morgan fingerprint density at radius 3 is 2.73 bits per heavy atom. The van der Waals surface area contributed by atoms with E-state index < -0.39 is 0 Å². The summed E-state index contributed by atoms with van der Waals surface area (Å²) in [5.41, 5.74) is 3.46. The molecule has 1 aliphatic rings. The number of rotatable bonds is 6. The Labute approximate surface area is 183 Å². The number of aromatic nitrogens is 2. The first-order chi connectivity index (χ1) is 14.7. The van der Waals surface area contributed by atoms with Gasteiger partial charge in [-0.3, -0.25) is 9.69 Å². The molecule has 3 heterocycles. The van der Waals surface area contributed by atoms with Gasteiger partial charge in [0.25, 0.3) is 0 Å². The Kier molecular flexibility index (Phi) is 5.57. The van der Waals surface area contributed by atoms with Crippen molar-refractivity contribution in [3.63, 3.8) is 0 Å². The Balaban J connectivity index is 1.17. The smallest absolute Gasteiger partial charge is 0.226 e. The maximum absolute atomic E-state index is 12.4. The van der Waals surface area contributed by atoms with Crippen LogP contribution in [0, 0.1) is 0 Å². The maximum Gasteiger partial charge on any atom is 0.226 e. The number of anilines is 1. The lowest BCUT2D eigenvalue weighted by atomic mass is 10.1. The number of benzene rings is 2. The van der Waals surface area contributed by atoms with E-state index in [2.05, 4.69) is 50.5 Å². The van der Waals surface area contributed by atoms with Crippen molar-refractivity contribution in [1.29, 1.82) is 0 Å². The van der Waals surface area contributed by atoms with Gasteiger partial charge in [-0.25, -0.2) is 9.97 Å². The zero-order chi connectivity index (χ0) is 20.3. The van der Waals surface area contributed by atoms with Gasteiger partial charge in [-0.1, -0.05) is 42.5 Å². The molecule has 5 rings (SSSR count). The quantitative estimate of drug-likeness (QED) is 0.470. The summed E-state index contributed by atoms with van der Waals surface area (Å²) >= 11 is 3.26. The van der Waals surface area contributed by atoms with E-state index in [0.29, 0.717) is 12.8 Å². The van der Waals surface area contributed by atoms with E-state index in [9.17, 15) is 4.79 Å². The number of carbonyl (C=O) groups excluding carboxylic acids is 1. The lowest BCUT2D eigenvalue weighted by Gasteiger charge is -2.25. The molecule has 30 heavy (non-hydrogen) atoms. The van der Waals surface area contributed by atoms with Crippen LogP contribution in [0.3, 0.4) is 0 Å². The molecule has 0 atom stereocenters. The van der Waals surface area contributed by atoms with Crippen molar-refractivity contribution in [1.82, 2.24) is 14.9 Å². The monoisotopic (exact) mass is 434 g/mol. The molecule has 0 fully saturated rings. The highest BCUT2D eigenvalue weighted by Gasteiger charge is 2.21. The van der Waals surface area contributed by atoms with Gasteiger partial charge in [0.15, 0.2) is 5.13 Å². The first-order valence-electron chi connectivity index (χ1n) is 10.1. The number of nitrogens with one attached hydrogen (secondary N) is 1. The van der Waals surface area contributed by atoms with Gasteiger partial charge in [0.1, 0.15) is 0 Å². The Bertz CT molecular complexity index is 1140. The summed E-state index contributed by atoms with van der Waals surface area (Å²) in [6.07, 6.45) is 2.01. The summed E-state index contributed by atoms with van der Waals surface area (Å²) in [6, 6.07) is 18.6. The van der Waals surface area contributed by atoms with Gasteiger partial charge in [0.05, 0.1) is 20.9 Å². The second-order valence-corrected chi connectivity index (χ2v) is 9.66. The number of amides is 1. The summed E-state index contributed by atoms with van der Waals surface area (Å²) in [4.78, 5) is 25.4. The standard InChI is InChI=1S/C23H22N4OS2/c28-21(10-11-22-24-17-8-4-5-9-19(17)29-22)26-23-25-18-12-13-27(15-20(18)30-23)14-16-6-2-1-3-7-16/h1-9H,10-15H2,(H,25,26,28). The molecule has 1 amide bonds. The van der Waals surface area contributed by atoms with Crippen molar-refractivity contribution in [2.75, 3.05) is 11.9 Å². The minimum atomic E-state index is 0.00138. The van der Waals surface area contributed by atoms with Gasteiger partial charge in [0.2, 0.25) is 5.91 Å². The summed E-state index contributed by atoms with van der Waals surface area (Å²) in [5.74, 6) is 0.00138. The number of nitrogens with zero attached hydrogens (tertiary/aromatic N) is 3. The number of hydrogen-bond donors (Lipinski definition) is 1. The van der Waals surface area contributed by atoms with Gasteiger partial charge < -0.3 is 5.32 Å². The Morgan fingerprint density at radius 1 is 1.03 bits per heavy atom. The van der Waals surface area contributed by atoms with Crippen molar-refractivity contribution < 1.29 is 4.79 Å². The fourth-order valence-electron chi connectivity index (χ4n) is 3.71. The third kappa shape index (κ3) is 4.43. The summed E-state index contributed by atoms with van der Waals surface area (Å²) in [6.45, 7) is 2.84. The van der Waals surface area contributed by atoms with E-state index in [1.165, 1.54) is 15.1 Å². The highest BCUT2D eigenvalue weighted by Crippen LogP contribution is 2.29. The van der Waals surface area contributed by atoms with Gasteiger partial charge in [-0.2, -0.15) is 0 Å². The fourth-order valence-corrected chi connectivity index (χ4v) is 5.74. The number of hydrogen-bond acceptors (Lipinski definition) is 6. The van der Waals surface area contributed by atoms with Crippen LogP contribution in [0.15, 0.2) is 54.6 Å². The normalized spacial score (nSPS) is 14.0. The van der Waals surface area contributed by atoms with Gasteiger partial charge in [-0.15, -0.1) is 22.7 Å². The van der Waals surface area contributed by atoms with Gasteiger partial charge in [-0.05, 0) is 17.7 Å². The van der Waals surface area contributed by atoms with Crippen LogP contribution < -0.4 is 5.32 Å². The first kappa shape index (κ1) is 19.4. The van der Waals surface area contributed by atoms with Crippen LogP contribution in [0.25, 0.3) is 10.2 Å². The second-order valence-electron chi connectivity index (χ2n) is 7.46. The van der Waals surface area contributed by atoms with Crippen LogP contribution in [-0.4, -0.2) is 27.3 Å². The summed E-state index contributed by atoms with van der Waals surface area (Å²) in [7, 11) is 0. The molecule has 5 nitrogen and oxygen atoms in total. The van der Waals surface area contributed by atoms with Crippen molar-refractivity contribution in [3.8, 4) is 0 Å². The van der Waals surface area contributed by atoms with Crippen LogP contribution in [0.5, 0.6) is 0 Å². The molecule has 2 aromatic heterocycles. The van der Waals surface area contributed by atoms with Crippen LogP contribution in [0.2, 0.25) is 0 Å². The predicted octanol–water partition coefficient (Wildman–Crippen LogP) is 4.88. The topological polar surface area (TPSA) is 58.1 Å². The SMILES string of the molecule is O=C(CCc1nc2ccccc2s1)Nc1nc2c(s1)CN(Cc1ccccc1)CC2. The molecular formula is C23H22N4OS2. The summed E-state index contributed by atoms with van der Waals surface area (Å²) < 4.78 is 1.17. The van der Waals surface area contributed by atoms with Crippen molar-refractivity contribution in [2.45, 2.75) is 32.4 Å². The molecule has 7 heteroatoms. The molecule has 0 aliphatic carbocycles. The zero-order valence-electron chi connectivity index (χ0n) is 16.5. The molecule has 0 unspecified atom stereocenters. The molecule has 0 radical (unpaired) electrons. The number of aryl methyl sites for hydroxylation is 1. The maximum atomic E-state index is 12.4. The molecule has 2 aromatic carbocycles. The number of thiazole rings is 2. The molecule has 0 bridgehead atoms. The largest absolute Gasteiger partial charge is 0.302 e. The Hall–Kier alpha value is -2.61. The minimum Gasteiger partial charge on any atom is -0.302 e. The van der Waals surface area contributed by atoms with E-state index in [4.69, 9.17) is 0 Å². The van der Waals surface area contributed by atoms with Crippen LogP contribution in [0.4, 0.5) is 5.13 Å². The third-order valence-electron chi connectivity index (χ3n) is 5.21. The molecule has 1 aliphatic heterocycles. The highest BCUT2D eigenvalue weighted by molar-refractivity contribution is 7.18. The van der Waals surface area contributed by atoms with Crippen molar-refractivity contribution in [3.05, 3.63) is 75.7 Å². The van der Waals surface area contributed by atoms with E-state index in [0.717, 1.165) is 47.4 Å². The number of fused-ring (bicyclic) bond motifs is 2. The van der Waals surface area contributed by atoms with Crippen molar-refractivity contribution >= 4 is 43.9 Å². The van der Waals surface area contributed by atoms with Crippen molar-refractivity contribution in [2.24, 2.45) is 0 Å². The molecule has 4 aromatic rings. The minimum absolute atomic E-state index is 0.00138. The number of carbonyl (C=O) groups is 1.